The normalized spacial score (nSPS) is 29.8. The van der Waals surface area contributed by atoms with Crippen LogP contribution < -0.4 is 5.73 Å². The van der Waals surface area contributed by atoms with Gasteiger partial charge < -0.3 is 10.5 Å². The van der Waals surface area contributed by atoms with Crippen molar-refractivity contribution in [3.05, 3.63) is 0 Å². The highest BCUT2D eigenvalue weighted by molar-refractivity contribution is 4.90. The van der Waals surface area contributed by atoms with Gasteiger partial charge in [-0.15, -0.1) is 0 Å². The van der Waals surface area contributed by atoms with Gasteiger partial charge in [0.15, 0.2) is 0 Å². The lowest BCUT2D eigenvalue weighted by atomic mass is 10.0. The maximum atomic E-state index is 5.97. The second-order valence-electron chi connectivity index (χ2n) is 5.92. The Morgan fingerprint density at radius 1 is 1.28 bits per heavy atom. The Labute approximate surface area is 111 Å². The summed E-state index contributed by atoms with van der Waals surface area (Å²) in [5.74, 6) is 0.525. The highest BCUT2D eigenvalue weighted by Crippen LogP contribution is 2.24. The molecule has 0 radical (unpaired) electrons. The van der Waals surface area contributed by atoms with E-state index >= 15 is 0 Å². The topological polar surface area (TPSA) is 41.7 Å². The van der Waals surface area contributed by atoms with Crippen LogP contribution in [0.4, 0.5) is 0 Å². The van der Waals surface area contributed by atoms with Gasteiger partial charge in [0.1, 0.15) is 0 Å². The average Bonchev–Trinajstić information content (AvgIpc) is 3.00. The fraction of sp³-hybridized carbons (Fsp3) is 1.00. The molecule has 0 aliphatic carbocycles. The van der Waals surface area contributed by atoms with E-state index in [9.17, 15) is 0 Å². The van der Waals surface area contributed by atoms with Crippen molar-refractivity contribution in [3.63, 3.8) is 0 Å². The van der Waals surface area contributed by atoms with Gasteiger partial charge >= 0.3 is 0 Å². The lowest BCUT2D eigenvalue weighted by molar-refractivity contribution is 0.0930. The van der Waals surface area contributed by atoms with Gasteiger partial charge in [-0.1, -0.05) is 6.92 Å². The van der Waals surface area contributed by atoms with Crippen LogP contribution >= 0.6 is 0 Å². The van der Waals surface area contributed by atoms with Crippen molar-refractivity contribution in [2.45, 2.75) is 38.3 Å². The highest BCUT2D eigenvalue weighted by atomic mass is 16.5. The summed E-state index contributed by atoms with van der Waals surface area (Å²) < 4.78 is 5.28. The molecule has 2 aliphatic heterocycles. The van der Waals surface area contributed by atoms with E-state index in [1.54, 1.807) is 7.11 Å². The molecular weight excluding hydrogens is 226 g/mol. The van der Waals surface area contributed by atoms with Crippen LogP contribution in [0, 0.1) is 5.92 Å². The molecule has 106 valence electrons. The average molecular weight is 255 g/mol. The predicted molar refractivity (Wildman–Crippen MR) is 74.7 cm³/mol. The summed E-state index contributed by atoms with van der Waals surface area (Å²) in [6.45, 7) is 8.83. The second-order valence-corrected chi connectivity index (χ2v) is 5.92. The van der Waals surface area contributed by atoms with Crippen molar-refractivity contribution in [1.29, 1.82) is 0 Å². The van der Waals surface area contributed by atoms with Crippen molar-refractivity contribution in [2.24, 2.45) is 11.7 Å². The maximum Gasteiger partial charge on any atom is 0.0503 e. The van der Waals surface area contributed by atoms with E-state index in [2.05, 4.69) is 16.7 Å². The fourth-order valence-electron chi connectivity index (χ4n) is 3.59. The molecule has 4 nitrogen and oxygen atoms in total. The number of ether oxygens (including phenoxy) is 1. The number of rotatable bonds is 6. The number of likely N-dealkylation sites (tertiary alicyclic amines) is 2. The summed E-state index contributed by atoms with van der Waals surface area (Å²) in [4.78, 5) is 5.27. The molecule has 0 amide bonds. The summed E-state index contributed by atoms with van der Waals surface area (Å²) in [5.41, 5.74) is 5.97. The summed E-state index contributed by atoms with van der Waals surface area (Å²) in [6, 6.07) is 1.26. The predicted octanol–water partition coefficient (Wildman–Crippen LogP) is 0.766. The summed E-state index contributed by atoms with van der Waals surface area (Å²) in [6.07, 6.45) is 4.09. The zero-order valence-corrected chi connectivity index (χ0v) is 12.0. The van der Waals surface area contributed by atoms with E-state index in [0.717, 1.165) is 19.2 Å². The van der Waals surface area contributed by atoms with Gasteiger partial charge in [-0.2, -0.15) is 0 Å². The summed E-state index contributed by atoms with van der Waals surface area (Å²) in [7, 11) is 1.78. The Hall–Kier alpha value is -0.160. The Bertz CT molecular complexity index is 243. The molecular formula is C14H29N3O. The molecule has 4 heteroatoms. The Balaban J connectivity index is 1.85. The van der Waals surface area contributed by atoms with Gasteiger partial charge in [-0.05, 0) is 38.3 Å². The van der Waals surface area contributed by atoms with Crippen LogP contribution in [0.1, 0.15) is 26.2 Å². The molecule has 0 aromatic heterocycles. The molecule has 2 fully saturated rings. The van der Waals surface area contributed by atoms with Crippen LogP contribution in [0.15, 0.2) is 0 Å². The minimum absolute atomic E-state index is 0.484. The minimum Gasteiger partial charge on any atom is -0.384 e. The molecule has 0 aromatic rings. The quantitative estimate of drug-likeness (QED) is 0.761. The summed E-state index contributed by atoms with van der Waals surface area (Å²) in [5, 5.41) is 0. The Morgan fingerprint density at radius 2 is 2.00 bits per heavy atom. The first-order chi connectivity index (χ1) is 8.76. The smallest absolute Gasteiger partial charge is 0.0503 e. The van der Waals surface area contributed by atoms with Gasteiger partial charge in [0.2, 0.25) is 0 Å². The number of methoxy groups -OCH3 is 1. The van der Waals surface area contributed by atoms with Gasteiger partial charge in [0, 0.05) is 38.8 Å². The molecule has 0 saturated carbocycles. The van der Waals surface area contributed by atoms with Crippen molar-refractivity contribution in [2.75, 3.05) is 46.4 Å². The van der Waals surface area contributed by atoms with Gasteiger partial charge in [-0.3, -0.25) is 9.80 Å². The fourth-order valence-corrected chi connectivity index (χ4v) is 3.59. The Kier molecular flexibility index (Phi) is 5.42. The first-order valence-corrected chi connectivity index (χ1v) is 7.43. The van der Waals surface area contributed by atoms with Crippen LogP contribution in [0.2, 0.25) is 0 Å². The molecule has 2 rings (SSSR count). The molecule has 3 unspecified atom stereocenters. The van der Waals surface area contributed by atoms with Crippen LogP contribution in [0.3, 0.4) is 0 Å². The first-order valence-electron chi connectivity index (χ1n) is 7.43. The number of hydrogen-bond donors (Lipinski definition) is 1. The molecule has 2 aliphatic rings. The van der Waals surface area contributed by atoms with Crippen LogP contribution in [-0.4, -0.2) is 68.3 Å². The van der Waals surface area contributed by atoms with E-state index in [-0.39, 0.29) is 0 Å². The lowest BCUT2D eigenvalue weighted by Crippen LogP contribution is -2.46. The zero-order valence-electron chi connectivity index (χ0n) is 12.0. The molecule has 0 spiro atoms. The lowest BCUT2D eigenvalue weighted by Gasteiger charge is -2.32. The van der Waals surface area contributed by atoms with Crippen molar-refractivity contribution >= 4 is 0 Å². The zero-order chi connectivity index (χ0) is 13.0. The SMILES string of the molecule is COCC(C)C(CN)N1CCC(N2CCCC2)C1. The maximum absolute atomic E-state index is 5.97. The molecule has 2 saturated heterocycles. The van der Waals surface area contributed by atoms with E-state index in [1.807, 2.05) is 0 Å². The number of hydrogen-bond acceptors (Lipinski definition) is 4. The van der Waals surface area contributed by atoms with Crippen LogP contribution in [0.25, 0.3) is 0 Å². The van der Waals surface area contributed by atoms with Crippen molar-refractivity contribution in [1.82, 2.24) is 9.80 Å². The molecule has 0 aromatic carbocycles. The molecule has 3 atom stereocenters. The molecule has 2 heterocycles. The van der Waals surface area contributed by atoms with E-state index in [1.165, 1.54) is 45.4 Å². The number of nitrogens with two attached hydrogens (primary N) is 1. The third-order valence-corrected chi connectivity index (χ3v) is 4.65. The van der Waals surface area contributed by atoms with Crippen molar-refractivity contribution < 1.29 is 4.74 Å². The monoisotopic (exact) mass is 255 g/mol. The molecule has 2 N–H and O–H groups in total. The van der Waals surface area contributed by atoms with E-state index in [4.69, 9.17) is 10.5 Å². The van der Waals surface area contributed by atoms with Crippen LogP contribution in [-0.2, 0) is 4.74 Å². The third kappa shape index (κ3) is 3.23. The second kappa shape index (κ2) is 6.85. The highest BCUT2D eigenvalue weighted by Gasteiger charge is 2.33. The minimum atomic E-state index is 0.484. The number of nitrogens with zero attached hydrogens (tertiary/aromatic N) is 2. The van der Waals surface area contributed by atoms with Gasteiger partial charge in [0.05, 0.1) is 6.61 Å². The van der Waals surface area contributed by atoms with E-state index in [0.29, 0.717) is 12.0 Å². The Morgan fingerprint density at radius 3 is 2.61 bits per heavy atom. The largest absolute Gasteiger partial charge is 0.384 e. The standard InChI is InChI=1S/C14H29N3O/c1-12(11-18-2)14(9-15)17-8-5-13(10-17)16-6-3-4-7-16/h12-14H,3-11,15H2,1-2H3. The third-order valence-electron chi connectivity index (χ3n) is 4.65. The summed E-state index contributed by atoms with van der Waals surface area (Å²) >= 11 is 0. The van der Waals surface area contributed by atoms with Gasteiger partial charge in [-0.25, -0.2) is 0 Å². The van der Waals surface area contributed by atoms with Crippen LogP contribution in [0.5, 0.6) is 0 Å². The van der Waals surface area contributed by atoms with E-state index < -0.39 is 0 Å². The molecule has 0 bridgehead atoms. The first kappa shape index (κ1) is 14.3. The van der Waals surface area contributed by atoms with Gasteiger partial charge in [0.25, 0.3) is 0 Å². The van der Waals surface area contributed by atoms with Crippen molar-refractivity contribution in [3.8, 4) is 0 Å². The molecule has 18 heavy (non-hydrogen) atoms.